The first-order valence-corrected chi connectivity index (χ1v) is 5.50. The van der Waals surface area contributed by atoms with E-state index >= 15 is 0 Å². The van der Waals surface area contributed by atoms with E-state index in [0.717, 1.165) is 13.1 Å². The number of carbonyl (C=O) groups is 2. The number of hydrogen-bond acceptors (Lipinski definition) is 6. The van der Waals surface area contributed by atoms with Crippen LogP contribution < -0.4 is 10.6 Å². The molecule has 1 aliphatic rings. The third-order valence-corrected chi connectivity index (χ3v) is 2.27. The van der Waals surface area contributed by atoms with Gasteiger partial charge in [-0.15, -0.1) is 0 Å². The van der Waals surface area contributed by atoms with Gasteiger partial charge in [-0.1, -0.05) is 0 Å². The van der Waals surface area contributed by atoms with E-state index in [2.05, 4.69) is 10.6 Å². The number of ether oxygens (including phenoxy) is 2. The zero-order chi connectivity index (χ0) is 12.0. The summed E-state index contributed by atoms with van der Waals surface area (Å²) in [5.74, 6) is -2.02. The molecule has 16 heavy (non-hydrogen) atoms. The van der Waals surface area contributed by atoms with Gasteiger partial charge in [-0.25, -0.2) is 0 Å². The number of carbonyl (C=O) groups excluding carboxylic acids is 2. The molecule has 6 nitrogen and oxygen atoms in total. The van der Waals surface area contributed by atoms with E-state index in [1.54, 1.807) is 13.8 Å². The third kappa shape index (κ3) is 3.18. The minimum absolute atomic E-state index is 0.251. The van der Waals surface area contributed by atoms with Gasteiger partial charge in [0.25, 0.3) is 0 Å². The summed E-state index contributed by atoms with van der Waals surface area (Å²) in [6.07, 6.45) is -0.391. The maximum atomic E-state index is 11.6. The second kappa shape index (κ2) is 6.44. The molecule has 1 heterocycles. The van der Waals surface area contributed by atoms with Crippen LogP contribution in [0.5, 0.6) is 0 Å². The Morgan fingerprint density at radius 3 is 1.94 bits per heavy atom. The molecule has 0 saturated carbocycles. The summed E-state index contributed by atoms with van der Waals surface area (Å²) >= 11 is 0. The summed E-state index contributed by atoms with van der Waals surface area (Å²) in [6.45, 7) is 5.36. The van der Waals surface area contributed by atoms with Crippen molar-refractivity contribution in [3.63, 3.8) is 0 Å². The average Bonchev–Trinajstić information content (AvgIpc) is 2.72. The molecule has 0 aliphatic carbocycles. The molecule has 0 aromatic carbocycles. The molecule has 2 N–H and O–H groups in total. The first kappa shape index (κ1) is 12.9. The van der Waals surface area contributed by atoms with Crippen molar-refractivity contribution in [1.29, 1.82) is 0 Å². The molecule has 0 bridgehead atoms. The van der Waals surface area contributed by atoms with Crippen molar-refractivity contribution >= 4 is 11.9 Å². The van der Waals surface area contributed by atoms with Crippen molar-refractivity contribution in [1.82, 2.24) is 10.6 Å². The molecule has 1 aliphatic heterocycles. The number of hydrogen-bond donors (Lipinski definition) is 2. The molecule has 6 heteroatoms. The van der Waals surface area contributed by atoms with Gasteiger partial charge in [-0.3, -0.25) is 20.2 Å². The predicted octanol–water partition coefficient (Wildman–Crippen LogP) is -0.752. The Balaban J connectivity index is 2.67. The normalized spacial score (nSPS) is 16.4. The summed E-state index contributed by atoms with van der Waals surface area (Å²) in [5.41, 5.74) is 0. The second-order valence-electron chi connectivity index (χ2n) is 3.37. The highest BCUT2D eigenvalue weighted by Crippen LogP contribution is 2.10. The zero-order valence-electron chi connectivity index (χ0n) is 9.62. The summed E-state index contributed by atoms with van der Waals surface area (Å²) in [4.78, 5) is 23.3. The van der Waals surface area contributed by atoms with Crippen LogP contribution in [0.3, 0.4) is 0 Å². The standard InChI is InChI=1S/C10H18N2O4/c1-3-15-9(13)7(10(14)16-4-2)8-11-5-6-12-8/h7-8,11-12H,3-6H2,1-2H3. The molecule has 0 radical (unpaired) electrons. The molecular weight excluding hydrogens is 212 g/mol. The molecule has 0 spiro atoms. The summed E-state index contributed by atoms with van der Waals surface area (Å²) < 4.78 is 9.73. The number of esters is 2. The smallest absolute Gasteiger partial charge is 0.323 e. The molecule has 0 atom stereocenters. The lowest BCUT2D eigenvalue weighted by atomic mass is 10.1. The quantitative estimate of drug-likeness (QED) is 0.478. The van der Waals surface area contributed by atoms with Gasteiger partial charge in [0.2, 0.25) is 0 Å². The predicted molar refractivity (Wildman–Crippen MR) is 56.5 cm³/mol. The van der Waals surface area contributed by atoms with Crippen molar-refractivity contribution in [2.75, 3.05) is 26.3 Å². The SMILES string of the molecule is CCOC(=O)C(C(=O)OCC)C1NCCN1. The maximum absolute atomic E-state index is 11.6. The third-order valence-electron chi connectivity index (χ3n) is 2.27. The Bertz CT molecular complexity index is 233. The topological polar surface area (TPSA) is 76.7 Å². The van der Waals surface area contributed by atoms with Crippen LogP contribution in [0.1, 0.15) is 13.8 Å². The fraction of sp³-hybridized carbons (Fsp3) is 0.800. The lowest BCUT2D eigenvalue weighted by molar-refractivity contribution is -0.163. The monoisotopic (exact) mass is 230 g/mol. The molecule has 1 fully saturated rings. The van der Waals surface area contributed by atoms with Gasteiger partial charge in [0, 0.05) is 13.1 Å². The van der Waals surface area contributed by atoms with E-state index in [0.29, 0.717) is 0 Å². The highest BCUT2D eigenvalue weighted by atomic mass is 16.6. The van der Waals surface area contributed by atoms with Crippen LogP contribution in [0.25, 0.3) is 0 Å². The Kier molecular flexibility index (Phi) is 5.21. The van der Waals surface area contributed by atoms with Gasteiger partial charge in [0.15, 0.2) is 5.92 Å². The van der Waals surface area contributed by atoms with Crippen LogP contribution in [0.2, 0.25) is 0 Å². The van der Waals surface area contributed by atoms with Gasteiger partial charge in [-0.05, 0) is 13.8 Å². The van der Waals surface area contributed by atoms with Gasteiger partial charge in [0.1, 0.15) is 0 Å². The summed E-state index contributed by atoms with van der Waals surface area (Å²) in [7, 11) is 0. The van der Waals surface area contributed by atoms with E-state index in [1.807, 2.05) is 0 Å². The lowest BCUT2D eigenvalue weighted by Crippen LogP contribution is -2.48. The van der Waals surface area contributed by atoms with E-state index in [4.69, 9.17) is 9.47 Å². The van der Waals surface area contributed by atoms with E-state index in [9.17, 15) is 9.59 Å². The molecule has 92 valence electrons. The molecule has 1 saturated heterocycles. The van der Waals surface area contributed by atoms with Crippen LogP contribution >= 0.6 is 0 Å². The van der Waals surface area contributed by atoms with Crippen LogP contribution in [-0.4, -0.2) is 44.4 Å². The molecule has 0 aromatic rings. The Hall–Kier alpha value is -1.14. The van der Waals surface area contributed by atoms with Crippen molar-refractivity contribution < 1.29 is 19.1 Å². The molecular formula is C10H18N2O4. The number of nitrogens with one attached hydrogen (secondary N) is 2. The zero-order valence-corrected chi connectivity index (χ0v) is 9.62. The van der Waals surface area contributed by atoms with Crippen molar-refractivity contribution in [3.05, 3.63) is 0 Å². The highest BCUT2D eigenvalue weighted by Gasteiger charge is 2.38. The molecule has 0 aromatic heterocycles. The first-order chi connectivity index (χ1) is 7.70. The molecule has 0 unspecified atom stereocenters. The average molecular weight is 230 g/mol. The van der Waals surface area contributed by atoms with E-state index in [-0.39, 0.29) is 13.2 Å². The Labute approximate surface area is 94.7 Å². The largest absolute Gasteiger partial charge is 0.465 e. The van der Waals surface area contributed by atoms with Gasteiger partial charge in [0.05, 0.1) is 19.4 Å². The fourth-order valence-corrected chi connectivity index (χ4v) is 1.60. The van der Waals surface area contributed by atoms with Crippen LogP contribution in [0, 0.1) is 5.92 Å². The van der Waals surface area contributed by atoms with E-state index in [1.165, 1.54) is 0 Å². The van der Waals surface area contributed by atoms with Crippen LogP contribution in [0.15, 0.2) is 0 Å². The highest BCUT2D eigenvalue weighted by molar-refractivity contribution is 5.95. The fourth-order valence-electron chi connectivity index (χ4n) is 1.60. The molecule has 1 rings (SSSR count). The lowest BCUT2D eigenvalue weighted by Gasteiger charge is -2.20. The van der Waals surface area contributed by atoms with Crippen LogP contribution in [0.4, 0.5) is 0 Å². The van der Waals surface area contributed by atoms with Crippen molar-refractivity contribution in [2.24, 2.45) is 5.92 Å². The van der Waals surface area contributed by atoms with Crippen molar-refractivity contribution in [3.8, 4) is 0 Å². The summed E-state index contributed by atoms with van der Waals surface area (Å²) in [5, 5.41) is 6.05. The second-order valence-corrected chi connectivity index (χ2v) is 3.37. The summed E-state index contributed by atoms with van der Waals surface area (Å²) in [6, 6.07) is 0. The van der Waals surface area contributed by atoms with Crippen molar-refractivity contribution in [2.45, 2.75) is 20.0 Å². The Morgan fingerprint density at radius 2 is 1.56 bits per heavy atom. The minimum Gasteiger partial charge on any atom is -0.465 e. The van der Waals surface area contributed by atoms with Gasteiger partial charge in [-0.2, -0.15) is 0 Å². The minimum atomic E-state index is -0.928. The maximum Gasteiger partial charge on any atom is 0.323 e. The van der Waals surface area contributed by atoms with E-state index < -0.39 is 24.0 Å². The molecule has 0 amide bonds. The van der Waals surface area contributed by atoms with Crippen LogP contribution in [-0.2, 0) is 19.1 Å². The van der Waals surface area contributed by atoms with Gasteiger partial charge < -0.3 is 9.47 Å². The first-order valence-electron chi connectivity index (χ1n) is 5.50. The van der Waals surface area contributed by atoms with Gasteiger partial charge >= 0.3 is 11.9 Å². The Morgan fingerprint density at radius 1 is 1.12 bits per heavy atom. The number of rotatable bonds is 5.